The van der Waals surface area contributed by atoms with E-state index in [1.165, 1.54) is 13.0 Å². The topological polar surface area (TPSA) is 75.7 Å². The minimum Gasteiger partial charge on any atom is -0.449 e. The molecule has 1 saturated heterocycles. The summed E-state index contributed by atoms with van der Waals surface area (Å²) in [6.45, 7) is 2.68. The average molecular weight is 419 g/mol. The number of rotatable bonds is 6. The molecule has 6 nitrogen and oxygen atoms in total. The fraction of sp³-hybridized carbons (Fsp3) is 0.286. The molecule has 0 unspecified atom stereocenters. The molecule has 2 amide bonds. The molecule has 1 fully saturated rings. The van der Waals surface area contributed by atoms with Gasteiger partial charge in [0.25, 0.3) is 5.91 Å². The van der Waals surface area contributed by atoms with E-state index >= 15 is 0 Å². The van der Waals surface area contributed by atoms with Gasteiger partial charge in [0.2, 0.25) is 5.91 Å². The second kappa shape index (κ2) is 9.05. The lowest BCUT2D eigenvalue weighted by molar-refractivity contribution is -0.128. The van der Waals surface area contributed by atoms with E-state index < -0.39 is 23.8 Å². The minimum absolute atomic E-state index is 0.0453. The van der Waals surface area contributed by atoms with Crippen LogP contribution in [0.3, 0.4) is 0 Å². The Balaban J connectivity index is 1.55. The second-order valence-electron chi connectivity index (χ2n) is 6.78. The number of amides is 2. The van der Waals surface area contributed by atoms with Crippen LogP contribution >= 0.6 is 11.6 Å². The molecule has 1 N–H and O–H groups in total. The Labute approximate surface area is 172 Å². The van der Waals surface area contributed by atoms with Crippen LogP contribution in [0.1, 0.15) is 35.7 Å². The first-order valence-corrected chi connectivity index (χ1v) is 9.55. The number of benzene rings is 2. The molecule has 0 radical (unpaired) electrons. The van der Waals surface area contributed by atoms with Crippen molar-refractivity contribution in [2.45, 2.75) is 32.4 Å². The maximum absolute atomic E-state index is 13.1. The summed E-state index contributed by atoms with van der Waals surface area (Å²) in [6.07, 6.45) is 0.366. The van der Waals surface area contributed by atoms with E-state index in [0.29, 0.717) is 18.5 Å². The minimum atomic E-state index is -1.08. The van der Waals surface area contributed by atoms with E-state index in [4.69, 9.17) is 16.3 Å². The van der Waals surface area contributed by atoms with Gasteiger partial charge >= 0.3 is 5.97 Å². The maximum Gasteiger partial charge on any atom is 0.338 e. The molecule has 2 aromatic carbocycles. The summed E-state index contributed by atoms with van der Waals surface area (Å²) in [6, 6.07) is 10.3. The highest BCUT2D eigenvalue weighted by Crippen LogP contribution is 2.23. The first kappa shape index (κ1) is 20.8. The molecule has 1 heterocycles. The number of hydrogen-bond donors (Lipinski definition) is 1. The molecule has 1 atom stereocenters. The summed E-state index contributed by atoms with van der Waals surface area (Å²) in [4.78, 5) is 38.0. The number of likely N-dealkylation sites (tertiary alicyclic amines) is 1. The summed E-state index contributed by atoms with van der Waals surface area (Å²) in [7, 11) is 0. The Morgan fingerprint density at radius 3 is 2.59 bits per heavy atom. The van der Waals surface area contributed by atoms with Crippen molar-refractivity contribution in [2.24, 2.45) is 0 Å². The lowest BCUT2D eigenvalue weighted by Crippen LogP contribution is -2.30. The average Bonchev–Trinajstić information content (AvgIpc) is 3.09. The number of anilines is 1. The molecular weight excluding hydrogens is 399 g/mol. The van der Waals surface area contributed by atoms with Crippen molar-refractivity contribution < 1.29 is 23.5 Å². The van der Waals surface area contributed by atoms with Crippen molar-refractivity contribution >= 4 is 35.1 Å². The predicted octanol–water partition coefficient (Wildman–Crippen LogP) is 3.79. The first-order valence-electron chi connectivity index (χ1n) is 9.17. The molecule has 1 aliphatic heterocycles. The van der Waals surface area contributed by atoms with Gasteiger partial charge in [-0.25, -0.2) is 9.18 Å². The Kier molecular flexibility index (Phi) is 6.49. The van der Waals surface area contributed by atoms with Crippen molar-refractivity contribution in [1.82, 2.24) is 4.90 Å². The Bertz CT molecular complexity index is 933. The Hall–Kier alpha value is -2.93. The van der Waals surface area contributed by atoms with Crippen molar-refractivity contribution in [3.8, 4) is 0 Å². The lowest BCUT2D eigenvalue weighted by Gasteiger charge is -2.16. The summed E-state index contributed by atoms with van der Waals surface area (Å²) in [5.74, 6) is -1.63. The van der Waals surface area contributed by atoms with Crippen LogP contribution in [0.4, 0.5) is 10.1 Å². The zero-order valence-corrected chi connectivity index (χ0v) is 16.5. The molecule has 3 rings (SSSR count). The van der Waals surface area contributed by atoms with E-state index in [0.717, 1.165) is 30.7 Å². The number of nitrogens with zero attached hydrogens (tertiary/aromatic N) is 1. The predicted molar refractivity (Wildman–Crippen MR) is 106 cm³/mol. The fourth-order valence-corrected chi connectivity index (χ4v) is 3.16. The maximum atomic E-state index is 13.1. The smallest absolute Gasteiger partial charge is 0.338 e. The normalized spacial score (nSPS) is 14.6. The Morgan fingerprint density at radius 1 is 1.24 bits per heavy atom. The number of carbonyl (C=O) groups is 3. The summed E-state index contributed by atoms with van der Waals surface area (Å²) >= 11 is 5.88. The van der Waals surface area contributed by atoms with Crippen LogP contribution in [0.5, 0.6) is 0 Å². The zero-order chi connectivity index (χ0) is 21.0. The molecule has 0 bridgehead atoms. The van der Waals surface area contributed by atoms with E-state index in [9.17, 15) is 18.8 Å². The molecule has 8 heteroatoms. The number of halogens is 2. The molecule has 0 aromatic heterocycles. The standard InChI is InChI=1S/C21H20ClFN2O4/c1-13(20(27)24-18-9-8-16(23)11-17(18)22)29-21(28)15-6-4-14(5-7-15)12-25-10-2-3-19(25)26/h4-9,11,13H,2-3,10,12H2,1H3,(H,24,27)/t13-/m1/s1. The van der Waals surface area contributed by atoms with Crippen molar-refractivity contribution in [1.29, 1.82) is 0 Å². The van der Waals surface area contributed by atoms with Crippen LogP contribution in [-0.2, 0) is 20.9 Å². The van der Waals surface area contributed by atoms with Crippen LogP contribution < -0.4 is 5.32 Å². The third-order valence-electron chi connectivity index (χ3n) is 4.58. The summed E-state index contributed by atoms with van der Waals surface area (Å²) in [5.41, 5.74) is 1.43. The van der Waals surface area contributed by atoms with Gasteiger partial charge in [0.05, 0.1) is 16.3 Å². The van der Waals surface area contributed by atoms with Gasteiger partial charge in [-0.3, -0.25) is 9.59 Å². The van der Waals surface area contributed by atoms with E-state index in [1.54, 1.807) is 29.2 Å². The number of carbonyl (C=O) groups excluding carboxylic acids is 3. The van der Waals surface area contributed by atoms with Gasteiger partial charge in [-0.15, -0.1) is 0 Å². The van der Waals surface area contributed by atoms with Crippen LogP contribution in [0.2, 0.25) is 5.02 Å². The van der Waals surface area contributed by atoms with Crippen molar-refractivity contribution in [3.63, 3.8) is 0 Å². The van der Waals surface area contributed by atoms with Gasteiger partial charge in [0, 0.05) is 19.5 Å². The van der Waals surface area contributed by atoms with Crippen molar-refractivity contribution in [3.05, 3.63) is 64.4 Å². The molecule has 0 saturated carbocycles. The quantitative estimate of drug-likeness (QED) is 0.724. The van der Waals surface area contributed by atoms with Gasteiger partial charge in [-0.05, 0) is 49.2 Å². The number of esters is 1. The lowest BCUT2D eigenvalue weighted by atomic mass is 10.1. The Morgan fingerprint density at radius 2 is 1.97 bits per heavy atom. The largest absolute Gasteiger partial charge is 0.449 e. The number of hydrogen-bond acceptors (Lipinski definition) is 4. The third kappa shape index (κ3) is 5.32. The van der Waals surface area contributed by atoms with Crippen LogP contribution in [-0.4, -0.2) is 35.3 Å². The van der Waals surface area contributed by atoms with Gasteiger partial charge in [-0.2, -0.15) is 0 Å². The van der Waals surface area contributed by atoms with E-state index in [-0.39, 0.29) is 16.6 Å². The van der Waals surface area contributed by atoms with Gasteiger partial charge < -0.3 is 15.0 Å². The van der Waals surface area contributed by atoms with Crippen LogP contribution in [0.25, 0.3) is 0 Å². The molecular formula is C21H20ClFN2O4. The third-order valence-corrected chi connectivity index (χ3v) is 4.89. The molecule has 0 spiro atoms. The highest BCUT2D eigenvalue weighted by atomic mass is 35.5. The molecule has 29 heavy (non-hydrogen) atoms. The van der Waals surface area contributed by atoms with Gasteiger partial charge in [-0.1, -0.05) is 23.7 Å². The molecule has 1 aliphatic rings. The monoisotopic (exact) mass is 418 g/mol. The first-order chi connectivity index (χ1) is 13.8. The van der Waals surface area contributed by atoms with Gasteiger partial charge in [0.15, 0.2) is 6.10 Å². The summed E-state index contributed by atoms with van der Waals surface area (Å²) in [5, 5.41) is 2.54. The van der Waals surface area contributed by atoms with E-state index in [1.807, 2.05) is 0 Å². The number of nitrogens with one attached hydrogen (secondary N) is 1. The van der Waals surface area contributed by atoms with Crippen molar-refractivity contribution in [2.75, 3.05) is 11.9 Å². The van der Waals surface area contributed by atoms with Crippen LogP contribution in [0, 0.1) is 5.82 Å². The fourth-order valence-electron chi connectivity index (χ4n) is 2.95. The van der Waals surface area contributed by atoms with Crippen LogP contribution in [0.15, 0.2) is 42.5 Å². The molecule has 152 valence electrons. The van der Waals surface area contributed by atoms with Gasteiger partial charge in [0.1, 0.15) is 5.82 Å². The number of ether oxygens (including phenoxy) is 1. The zero-order valence-electron chi connectivity index (χ0n) is 15.8. The molecule has 2 aromatic rings. The summed E-state index contributed by atoms with van der Waals surface area (Å²) < 4.78 is 18.3. The highest BCUT2D eigenvalue weighted by Gasteiger charge is 2.22. The molecule has 0 aliphatic carbocycles. The van der Waals surface area contributed by atoms with E-state index in [2.05, 4.69) is 5.32 Å². The SMILES string of the molecule is C[C@@H](OC(=O)c1ccc(CN2CCCC2=O)cc1)C(=O)Nc1ccc(F)cc1Cl. The highest BCUT2D eigenvalue weighted by molar-refractivity contribution is 6.33. The second-order valence-corrected chi connectivity index (χ2v) is 7.18.